The van der Waals surface area contributed by atoms with Gasteiger partial charge in [0.25, 0.3) is 0 Å². The first-order valence-electron chi connectivity index (χ1n) is 6.58. The molecule has 0 aromatic heterocycles. The van der Waals surface area contributed by atoms with Gasteiger partial charge in [-0.1, -0.05) is 6.92 Å². The molecule has 0 aliphatic heterocycles. The largest absolute Gasteiger partial charge is 0.478 e. The first kappa shape index (κ1) is 17.6. The number of carboxylic acid groups (broad SMARTS) is 1. The lowest BCUT2D eigenvalue weighted by molar-refractivity contribution is 0.0696. The Labute approximate surface area is 124 Å². The predicted octanol–water partition coefficient (Wildman–Crippen LogP) is 1.30. The minimum absolute atomic E-state index is 0.0445. The van der Waals surface area contributed by atoms with Gasteiger partial charge >= 0.3 is 5.97 Å². The number of carboxylic acids is 1. The third-order valence-corrected chi connectivity index (χ3v) is 5.32. The third-order valence-electron chi connectivity index (χ3n) is 3.64. The van der Waals surface area contributed by atoms with Crippen molar-refractivity contribution in [1.82, 2.24) is 4.72 Å². The van der Waals surface area contributed by atoms with Gasteiger partial charge in [0.2, 0.25) is 10.0 Å². The molecular weight excluding hydrogens is 294 g/mol. The molecule has 6 nitrogen and oxygen atoms in total. The Morgan fingerprint density at radius 1 is 1.29 bits per heavy atom. The highest BCUT2D eigenvalue weighted by Gasteiger charge is 2.24. The van der Waals surface area contributed by atoms with Crippen LogP contribution in [0.3, 0.4) is 0 Å². The first-order valence-corrected chi connectivity index (χ1v) is 8.06. The van der Waals surface area contributed by atoms with Crippen molar-refractivity contribution in [3.63, 3.8) is 0 Å². The molecule has 1 aromatic carbocycles. The number of aliphatic hydroxyl groups is 1. The second-order valence-electron chi connectivity index (χ2n) is 5.29. The van der Waals surface area contributed by atoms with Crippen molar-refractivity contribution < 1.29 is 23.4 Å². The van der Waals surface area contributed by atoms with E-state index in [9.17, 15) is 13.2 Å². The van der Waals surface area contributed by atoms with E-state index in [-0.39, 0.29) is 23.0 Å². The monoisotopic (exact) mass is 315 g/mol. The summed E-state index contributed by atoms with van der Waals surface area (Å²) in [5, 5.41) is 18.1. The van der Waals surface area contributed by atoms with E-state index in [0.717, 1.165) is 6.07 Å². The molecule has 21 heavy (non-hydrogen) atoms. The highest BCUT2D eigenvalue weighted by Crippen LogP contribution is 2.22. The second kappa shape index (κ2) is 6.55. The van der Waals surface area contributed by atoms with E-state index < -0.39 is 22.0 Å². The van der Waals surface area contributed by atoms with Crippen LogP contribution in [0.2, 0.25) is 0 Å². The molecule has 0 fully saturated rings. The van der Waals surface area contributed by atoms with Gasteiger partial charge in [-0.25, -0.2) is 17.9 Å². The van der Waals surface area contributed by atoms with E-state index in [0.29, 0.717) is 11.1 Å². The van der Waals surface area contributed by atoms with Crippen LogP contribution in [0.15, 0.2) is 17.0 Å². The summed E-state index contributed by atoms with van der Waals surface area (Å²) in [7, 11) is -3.85. The number of rotatable bonds is 6. The van der Waals surface area contributed by atoms with E-state index >= 15 is 0 Å². The molecule has 7 heteroatoms. The fourth-order valence-electron chi connectivity index (χ4n) is 1.81. The molecule has 1 rings (SSSR count). The van der Waals surface area contributed by atoms with Gasteiger partial charge in [-0.3, -0.25) is 0 Å². The van der Waals surface area contributed by atoms with Crippen LogP contribution in [0.5, 0.6) is 0 Å². The van der Waals surface area contributed by atoms with Crippen LogP contribution in [-0.2, 0) is 10.0 Å². The van der Waals surface area contributed by atoms with Crippen molar-refractivity contribution in [1.29, 1.82) is 0 Å². The summed E-state index contributed by atoms with van der Waals surface area (Å²) in [6.45, 7) is 6.54. The van der Waals surface area contributed by atoms with Gasteiger partial charge in [0.05, 0.1) is 10.5 Å². The maximum atomic E-state index is 12.4. The normalized spacial score (nSPS) is 14.7. The van der Waals surface area contributed by atoms with E-state index in [1.54, 1.807) is 27.7 Å². The van der Waals surface area contributed by atoms with Crippen LogP contribution < -0.4 is 4.72 Å². The number of sulfonamides is 1. The smallest absolute Gasteiger partial charge is 0.335 e. The van der Waals surface area contributed by atoms with Gasteiger partial charge in [0.1, 0.15) is 0 Å². The zero-order chi connectivity index (χ0) is 16.4. The topological polar surface area (TPSA) is 104 Å². The number of nitrogens with one attached hydrogen (secondary N) is 1. The van der Waals surface area contributed by atoms with Crippen molar-refractivity contribution >= 4 is 16.0 Å². The van der Waals surface area contributed by atoms with Gasteiger partial charge in [-0.15, -0.1) is 0 Å². The molecule has 2 atom stereocenters. The van der Waals surface area contributed by atoms with Gasteiger partial charge in [-0.2, -0.15) is 0 Å². The number of hydrogen-bond donors (Lipinski definition) is 3. The van der Waals surface area contributed by atoms with Gasteiger partial charge in [0.15, 0.2) is 0 Å². The molecule has 0 radical (unpaired) electrons. The summed E-state index contributed by atoms with van der Waals surface area (Å²) < 4.78 is 27.3. The van der Waals surface area contributed by atoms with Crippen LogP contribution in [0.25, 0.3) is 0 Å². The molecule has 0 saturated heterocycles. The molecule has 0 bridgehead atoms. The van der Waals surface area contributed by atoms with Crippen molar-refractivity contribution in [2.45, 2.75) is 38.6 Å². The van der Waals surface area contributed by atoms with E-state index in [4.69, 9.17) is 10.2 Å². The van der Waals surface area contributed by atoms with Crippen molar-refractivity contribution in [3.05, 3.63) is 28.8 Å². The SMILES string of the molecule is Cc1cc(C(=O)O)cc(S(=O)(=O)NC(C)C(C)CO)c1C. The van der Waals surface area contributed by atoms with Crippen molar-refractivity contribution in [2.24, 2.45) is 5.92 Å². The predicted molar refractivity (Wildman–Crippen MR) is 78.9 cm³/mol. The number of carbonyl (C=O) groups is 1. The first-order chi connectivity index (χ1) is 9.60. The summed E-state index contributed by atoms with van der Waals surface area (Å²) in [5.41, 5.74) is 1.04. The number of aromatic carboxylic acids is 1. The molecule has 118 valence electrons. The molecule has 3 N–H and O–H groups in total. The Morgan fingerprint density at radius 2 is 1.86 bits per heavy atom. The number of aliphatic hydroxyl groups excluding tert-OH is 1. The highest BCUT2D eigenvalue weighted by molar-refractivity contribution is 7.89. The Morgan fingerprint density at radius 3 is 2.33 bits per heavy atom. The zero-order valence-electron chi connectivity index (χ0n) is 12.5. The molecule has 0 saturated carbocycles. The summed E-state index contributed by atoms with van der Waals surface area (Å²) in [5.74, 6) is -1.42. The summed E-state index contributed by atoms with van der Waals surface area (Å²) >= 11 is 0. The molecule has 0 heterocycles. The fraction of sp³-hybridized carbons (Fsp3) is 0.500. The Kier molecular flexibility index (Phi) is 5.49. The summed E-state index contributed by atoms with van der Waals surface area (Å²) in [6, 6.07) is 2.13. The van der Waals surface area contributed by atoms with E-state index in [1.807, 2.05) is 0 Å². The Hall–Kier alpha value is -1.44. The Bertz CT molecular complexity index is 639. The lowest BCUT2D eigenvalue weighted by atomic mass is 10.1. The Balaban J connectivity index is 3.28. The molecule has 0 aliphatic carbocycles. The molecule has 1 aromatic rings. The summed E-state index contributed by atoms with van der Waals surface area (Å²) in [4.78, 5) is 11.0. The van der Waals surface area contributed by atoms with Gasteiger partial charge in [-0.05, 0) is 49.9 Å². The van der Waals surface area contributed by atoms with Crippen LogP contribution in [-0.4, -0.2) is 37.2 Å². The van der Waals surface area contributed by atoms with E-state index in [1.165, 1.54) is 6.07 Å². The maximum Gasteiger partial charge on any atom is 0.335 e. The zero-order valence-corrected chi connectivity index (χ0v) is 13.4. The number of aryl methyl sites for hydroxylation is 1. The van der Waals surface area contributed by atoms with E-state index in [2.05, 4.69) is 4.72 Å². The maximum absolute atomic E-state index is 12.4. The summed E-state index contributed by atoms with van der Waals surface area (Å²) in [6.07, 6.45) is 0. The third kappa shape index (κ3) is 4.03. The quantitative estimate of drug-likeness (QED) is 0.734. The van der Waals surface area contributed by atoms with Gasteiger partial charge in [0, 0.05) is 12.6 Å². The molecular formula is C14H21NO5S. The minimum Gasteiger partial charge on any atom is -0.478 e. The molecule has 0 spiro atoms. The fourth-order valence-corrected chi connectivity index (χ4v) is 3.51. The standard InChI is InChI=1S/C14H21NO5S/c1-8-5-12(14(17)18)6-13(10(8)3)21(19,20)15-11(4)9(2)7-16/h5-6,9,11,15-16H,7H2,1-4H3,(H,17,18). The lowest BCUT2D eigenvalue weighted by Gasteiger charge is -2.20. The minimum atomic E-state index is -3.85. The second-order valence-corrected chi connectivity index (χ2v) is 6.97. The molecule has 2 unspecified atom stereocenters. The average molecular weight is 315 g/mol. The number of benzene rings is 1. The van der Waals surface area contributed by atoms with Crippen LogP contribution >= 0.6 is 0 Å². The van der Waals surface area contributed by atoms with Crippen LogP contribution in [0.4, 0.5) is 0 Å². The number of hydrogen-bond acceptors (Lipinski definition) is 4. The average Bonchev–Trinajstić information content (AvgIpc) is 2.39. The van der Waals surface area contributed by atoms with Crippen molar-refractivity contribution in [3.8, 4) is 0 Å². The van der Waals surface area contributed by atoms with Crippen LogP contribution in [0, 0.1) is 19.8 Å². The lowest BCUT2D eigenvalue weighted by Crippen LogP contribution is -2.38. The molecule has 0 amide bonds. The van der Waals surface area contributed by atoms with Crippen LogP contribution in [0.1, 0.15) is 35.3 Å². The highest BCUT2D eigenvalue weighted by atomic mass is 32.2. The van der Waals surface area contributed by atoms with Crippen molar-refractivity contribution in [2.75, 3.05) is 6.61 Å². The molecule has 0 aliphatic rings. The van der Waals surface area contributed by atoms with Gasteiger partial charge < -0.3 is 10.2 Å².